The lowest BCUT2D eigenvalue weighted by Crippen LogP contribution is -2.47. The molecule has 0 saturated heterocycles. The summed E-state index contributed by atoms with van der Waals surface area (Å²) in [5, 5.41) is 2.92. The Kier molecular flexibility index (Phi) is 3.51. The molecule has 7 heteroatoms. The third-order valence-electron chi connectivity index (χ3n) is 3.18. The first-order chi connectivity index (χ1) is 8.09. The summed E-state index contributed by atoms with van der Waals surface area (Å²) >= 11 is 11.7. The average Bonchev–Trinajstić information content (AvgIpc) is 2.23. The summed E-state index contributed by atoms with van der Waals surface area (Å²) in [6, 6.07) is 0. The Labute approximate surface area is 109 Å². The smallest absolute Gasteiger partial charge is 0.232 e. The molecule has 0 bridgehead atoms. The van der Waals surface area contributed by atoms with E-state index in [0.29, 0.717) is 6.54 Å². The van der Waals surface area contributed by atoms with Crippen LogP contribution in [0.15, 0.2) is 6.33 Å². The van der Waals surface area contributed by atoms with Crippen molar-refractivity contribution in [1.29, 1.82) is 0 Å². The van der Waals surface area contributed by atoms with Crippen LogP contribution < -0.4 is 11.1 Å². The van der Waals surface area contributed by atoms with Crippen molar-refractivity contribution in [1.82, 2.24) is 9.97 Å². The van der Waals surface area contributed by atoms with Gasteiger partial charge in [0.2, 0.25) is 5.91 Å². The molecule has 0 spiro atoms. The lowest BCUT2D eigenvalue weighted by atomic mass is 9.68. The Bertz CT molecular complexity index is 422. The van der Waals surface area contributed by atoms with Crippen molar-refractivity contribution < 1.29 is 4.79 Å². The van der Waals surface area contributed by atoms with E-state index >= 15 is 0 Å². The van der Waals surface area contributed by atoms with E-state index in [1.807, 2.05) is 0 Å². The molecule has 0 unspecified atom stereocenters. The highest BCUT2D eigenvalue weighted by atomic mass is 35.5. The number of carbonyl (C=O) groups is 1. The van der Waals surface area contributed by atoms with Gasteiger partial charge in [-0.3, -0.25) is 4.79 Å². The van der Waals surface area contributed by atoms with Crippen molar-refractivity contribution in [3.8, 4) is 0 Å². The van der Waals surface area contributed by atoms with Gasteiger partial charge in [0.05, 0.1) is 5.41 Å². The third-order valence-corrected chi connectivity index (χ3v) is 3.75. The zero-order valence-electron chi connectivity index (χ0n) is 9.04. The van der Waals surface area contributed by atoms with Gasteiger partial charge in [0.1, 0.15) is 12.0 Å². The van der Waals surface area contributed by atoms with E-state index < -0.39 is 5.41 Å². The molecule has 0 radical (unpaired) electrons. The van der Waals surface area contributed by atoms with Gasteiger partial charge in [-0.05, 0) is 12.8 Å². The Morgan fingerprint density at radius 3 is 2.41 bits per heavy atom. The Hall–Kier alpha value is -0.910. The van der Waals surface area contributed by atoms with Crippen LogP contribution in [0, 0.1) is 5.41 Å². The fourth-order valence-electron chi connectivity index (χ4n) is 1.82. The van der Waals surface area contributed by atoms with Crippen LogP contribution in [0.2, 0.25) is 10.3 Å². The normalized spacial score (nSPS) is 17.4. The highest BCUT2D eigenvalue weighted by Crippen LogP contribution is 2.41. The number of aromatic nitrogens is 2. The predicted molar refractivity (Wildman–Crippen MR) is 66.0 cm³/mol. The number of hydrogen-bond donors (Lipinski definition) is 2. The van der Waals surface area contributed by atoms with Gasteiger partial charge in [0.25, 0.3) is 0 Å². The minimum Gasteiger partial charge on any atom is -0.329 e. The number of anilines is 1. The first kappa shape index (κ1) is 12.5. The molecule has 17 heavy (non-hydrogen) atoms. The average molecular weight is 275 g/mol. The standard InChI is InChI=1S/C10H12Cl2N4O/c11-7-6(8(12)15-5-14-7)16-9(17)10(4-13)2-1-3-10/h5H,1-4,13H2,(H,16,17). The molecule has 5 nitrogen and oxygen atoms in total. The molecule has 1 fully saturated rings. The monoisotopic (exact) mass is 274 g/mol. The van der Waals surface area contributed by atoms with Gasteiger partial charge in [-0.1, -0.05) is 29.6 Å². The number of amides is 1. The van der Waals surface area contributed by atoms with Crippen molar-refractivity contribution in [2.75, 3.05) is 11.9 Å². The van der Waals surface area contributed by atoms with Gasteiger partial charge in [-0.2, -0.15) is 0 Å². The molecular formula is C10H12Cl2N4O. The van der Waals surface area contributed by atoms with E-state index in [2.05, 4.69) is 15.3 Å². The molecule has 1 aliphatic rings. The molecule has 1 aliphatic carbocycles. The summed E-state index contributed by atoms with van der Waals surface area (Å²) < 4.78 is 0. The summed E-state index contributed by atoms with van der Waals surface area (Å²) in [7, 11) is 0. The first-order valence-electron chi connectivity index (χ1n) is 5.26. The molecule has 1 amide bonds. The van der Waals surface area contributed by atoms with Gasteiger partial charge < -0.3 is 11.1 Å². The Morgan fingerprint density at radius 1 is 1.41 bits per heavy atom. The summed E-state index contributed by atoms with van der Waals surface area (Å²) in [6.07, 6.45) is 3.83. The third kappa shape index (κ3) is 2.22. The van der Waals surface area contributed by atoms with Crippen LogP contribution in [0.25, 0.3) is 0 Å². The van der Waals surface area contributed by atoms with Crippen LogP contribution in [-0.2, 0) is 4.79 Å². The first-order valence-corrected chi connectivity index (χ1v) is 6.02. The Morgan fingerprint density at radius 2 is 2.00 bits per heavy atom. The van der Waals surface area contributed by atoms with E-state index in [1.54, 1.807) is 0 Å². The summed E-state index contributed by atoms with van der Waals surface area (Å²) in [6.45, 7) is 0.321. The number of carbonyl (C=O) groups excluding carboxylic acids is 1. The minimum atomic E-state index is -0.484. The highest BCUT2D eigenvalue weighted by molar-refractivity contribution is 6.38. The van der Waals surface area contributed by atoms with E-state index in [9.17, 15) is 4.79 Å². The molecule has 2 rings (SSSR count). The number of nitrogens with zero attached hydrogens (tertiary/aromatic N) is 2. The van der Waals surface area contributed by atoms with Gasteiger partial charge >= 0.3 is 0 Å². The minimum absolute atomic E-state index is 0.129. The second-order valence-corrected chi connectivity index (χ2v) is 4.84. The second kappa shape index (κ2) is 4.76. The predicted octanol–water partition coefficient (Wildman–Crippen LogP) is 1.85. The maximum atomic E-state index is 12.1. The van der Waals surface area contributed by atoms with E-state index in [0.717, 1.165) is 19.3 Å². The molecule has 1 aromatic rings. The summed E-state index contributed by atoms with van der Waals surface area (Å²) in [5.74, 6) is -0.162. The van der Waals surface area contributed by atoms with Crippen LogP contribution in [0.3, 0.4) is 0 Å². The number of halogens is 2. The van der Waals surface area contributed by atoms with Crippen LogP contribution in [-0.4, -0.2) is 22.4 Å². The van der Waals surface area contributed by atoms with E-state index in [-0.39, 0.29) is 21.9 Å². The zero-order valence-corrected chi connectivity index (χ0v) is 10.6. The lowest BCUT2D eigenvalue weighted by Gasteiger charge is -2.39. The fourth-order valence-corrected chi connectivity index (χ4v) is 2.23. The second-order valence-electron chi connectivity index (χ2n) is 4.12. The number of rotatable bonds is 3. The number of nitrogens with one attached hydrogen (secondary N) is 1. The van der Waals surface area contributed by atoms with Crippen molar-refractivity contribution in [3.05, 3.63) is 16.6 Å². The quantitative estimate of drug-likeness (QED) is 0.825. The van der Waals surface area contributed by atoms with Gasteiger partial charge in [-0.15, -0.1) is 0 Å². The summed E-state index contributed by atoms with van der Waals surface area (Å²) in [4.78, 5) is 19.6. The molecule has 1 saturated carbocycles. The topological polar surface area (TPSA) is 80.9 Å². The molecule has 0 aliphatic heterocycles. The molecule has 1 aromatic heterocycles. The van der Waals surface area contributed by atoms with E-state index in [1.165, 1.54) is 6.33 Å². The van der Waals surface area contributed by atoms with Crippen molar-refractivity contribution >= 4 is 34.8 Å². The maximum Gasteiger partial charge on any atom is 0.232 e. The highest BCUT2D eigenvalue weighted by Gasteiger charge is 2.43. The van der Waals surface area contributed by atoms with Crippen LogP contribution >= 0.6 is 23.2 Å². The molecule has 3 N–H and O–H groups in total. The van der Waals surface area contributed by atoms with Crippen molar-refractivity contribution in [2.45, 2.75) is 19.3 Å². The van der Waals surface area contributed by atoms with Gasteiger partial charge in [0, 0.05) is 6.54 Å². The molecule has 92 valence electrons. The van der Waals surface area contributed by atoms with Crippen LogP contribution in [0.1, 0.15) is 19.3 Å². The van der Waals surface area contributed by atoms with Gasteiger partial charge in [0.15, 0.2) is 10.3 Å². The van der Waals surface area contributed by atoms with Gasteiger partial charge in [-0.25, -0.2) is 9.97 Å². The van der Waals surface area contributed by atoms with E-state index in [4.69, 9.17) is 28.9 Å². The molecular weight excluding hydrogens is 263 g/mol. The lowest BCUT2D eigenvalue weighted by molar-refractivity contribution is -0.129. The zero-order chi connectivity index (χ0) is 12.5. The fraction of sp³-hybridized carbons (Fsp3) is 0.500. The maximum absolute atomic E-state index is 12.1. The largest absolute Gasteiger partial charge is 0.329 e. The molecule has 0 atom stereocenters. The van der Waals surface area contributed by atoms with Crippen molar-refractivity contribution in [3.63, 3.8) is 0 Å². The van der Waals surface area contributed by atoms with Crippen LogP contribution in [0.5, 0.6) is 0 Å². The Balaban J connectivity index is 2.18. The van der Waals surface area contributed by atoms with Crippen LogP contribution in [0.4, 0.5) is 5.69 Å². The number of nitrogens with two attached hydrogens (primary N) is 1. The molecule has 0 aromatic carbocycles. The summed E-state index contributed by atoms with van der Waals surface area (Å²) in [5.41, 5.74) is 5.41. The molecule has 1 heterocycles. The number of hydrogen-bond acceptors (Lipinski definition) is 4. The van der Waals surface area contributed by atoms with Crippen molar-refractivity contribution in [2.24, 2.45) is 11.1 Å². The SMILES string of the molecule is NCC1(C(=O)Nc2c(Cl)ncnc2Cl)CCC1.